The maximum Gasteiger partial charge on any atom is 0.236 e. The highest BCUT2D eigenvalue weighted by molar-refractivity contribution is 6.00. The summed E-state index contributed by atoms with van der Waals surface area (Å²) in [7, 11) is 0. The van der Waals surface area contributed by atoms with Crippen molar-refractivity contribution in [2.45, 2.75) is 52.9 Å². The molecule has 3 rings (SSSR count). The second-order valence-corrected chi connectivity index (χ2v) is 7.78. The van der Waals surface area contributed by atoms with Crippen LogP contribution >= 0.6 is 0 Å². The van der Waals surface area contributed by atoms with Gasteiger partial charge in [-0.3, -0.25) is 9.59 Å². The number of rotatable bonds is 4. The van der Waals surface area contributed by atoms with Gasteiger partial charge in [-0.05, 0) is 51.3 Å². The second-order valence-electron chi connectivity index (χ2n) is 7.78. The molecule has 5 nitrogen and oxygen atoms in total. The quantitative estimate of drug-likeness (QED) is 0.899. The van der Waals surface area contributed by atoms with Crippen molar-refractivity contribution in [3.05, 3.63) is 18.2 Å². The monoisotopic (exact) mass is 344 g/mol. The van der Waals surface area contributed by atoms with Gasteiger partial charge in [-0.15, -0.1) is 0 Å². The van der Waals surface area contributed by atoms with Crippen LogP contribution in [0.5, 0.6) is 5.75 Å². The summed E-state index contributed by atoms with van der Waals surface area (Å²) in [4.78, 5) is 27.1. The summed E-state index contributed by atoms with van der Waals surface area (Å²) in [6.07, 6.45) is 5.05. The van der Waals surface area contributed by atoms with Crippen molar-refractivity contribution in [2.75, 3.05) is 23.4 Å². The van der Waals surface area contributed by atoms with Crippen molar-refractivity contribution in [2.24, 2.45) is 11.3 Å². The highest BCUT2D eigenvalue weighted by atomic mass is 16.5. The summed E-state index contributed by atoms with van der Waals surface area (Å²) in [5, 5.41) is 3.02. The molecule has 0 unspecified atom stereocenters. The van der Waals surface area contributed by atoms with Crippen molar-refractivity contribution in [1.82, 2.24) is 0 Å². The van der Waals surface area contributed by atoms with E-state index < -0.39 is 5.41 Å². The van der Waals surface area contributed by atoms with Crippen LogP contribution in [0.2, 0.25) is 0 Å². The van der Waals surface area contributed by atoms with Gasteiger partial charge in [0.15, 0.2) is 0 Å². The standard InChI is InChI=1S/C20H28N2O3/c1-4-11-22-16-12-15(21-18(23)14-7-5-6-8-14)9-10-17(16)25-13-20(2,3)19(22)24/h9-10,12,14H,4-8,11,13H2,1-3H3,(H,21,23). The third kappa shape index (κ3) is 3.65. The van der Waals surface area contributed by atoms with Crippen LogP contribution in [-0.2, 0) is 9.59 Å². The molecule has 1 heterocycles. The van der Waals surface area contributed by atoms with Gasteiger partial charge < -0.3 is 15.0 Å². The van der Waals surface area contributed by atoms with Crippen LogP contribution in [0, 0.1) is 11.3 Å². The van der Waals surface area contributed by atoms with Crippen molar-refractivity contribution in [1.29, 1.82) is 0 Å². The van der Waals surface area contributed by atoms with E-state index in [1.165, 1.54) is 0 Å². The molecule has 2 aliphatic rings. The Morgan fingerprint density at radius 3 is 2.72 bits per heavy atom. The number of amides is 2. The third-order valence-electron chi connectivity index (χ3n) is 5.10. The number of benzene rings is 1. The summed E-state index contributed by atoms with van der Waals surface area (Å²) in [6.45, 7) is 6.86. The fraction of sp³-hybridized carbons (Fsp3) is 0.600. The Morgan fingerprint density at radius 2 is 2.04 bits per heavy atom. The van der Waals surface area contributed by atoms with Crippen molar-refractivity contribution in [3.63, 3.8) is 0 Å². The molecule has 0 atom stereocenters. The van der Waals surface area contributed by atoms with Gasteiger partial charge in [0.1, 0.15) is 12.4 Å². The number of ether oxygens (including phenoxy) is 1. The number of carbonyl (C=O) groups excluding carboxylic acids is 2. The maximum atomic E-state index is 12.9. The molecule has 2 amide bonds. The zero-order valence-electron chi connectivity index (χ0n) is 15.4. The lowest BCUT2D eigenvalue weighted by Gasteiger charge is -2.28. The molecule has 1 aromatic rings. The van der Waals surface area contributed by atoms with E-state index in [-0.39, 0.29) is 17.7 Å². The van der Waals surface area contributed by atoms with Crippen LogP contribution in [0.4, 0.5) is 11.4 Å². The van der Waals surface area contributed by atoms with Crippen LogP contribution in [0.3, 0.4) is 0 Å². The predicted molar refractivity (Wildman–Crippen MR) is 98.9 cm³/mol. The zero-order chi connectivity index (χ0) is 18.0. The summed E-state index contributed by atoms with van der Waals surface area (Å²) in [5.41, 5.74) is 0.913. The lowest BCUT2D eigenvalue weighted by atomic mass is 9.93. The van der Waals surface area contributed by atoms with Gasteiger partial charge in [0, 0.05) is 18.2 Å². The van der Waals surface area contributed by atoms with Crippen LogP contribution < -0.4 is 15.0 Å². The topological polar surface area (TPSA) is 58.6 Å². The molecule has 0 aromatic heterocycles. The Kier molecular flexibility index (Phi) is 5.02. The molecule has 136 valence electrons. The lowest BCUT2D eigenvalue weighted by molar-refractivity contribution is -0.127. The van der Waals surface area contributed by atoms with Crippen molar-refractivity contribution in [3.8, 4) is 5.75 Å². The number of carbonyl (C=O) groups is 2. The van der Waals surface area contributed by atoms with E-state index in [2.05, 4.69) is 12.2 Å². The van der Waals surface area contributed by atoms with Gasteiger partial charge in [-0.25, -0.2) is 0 Å². The minimum atomic E-state index is -0.568. The Labute approximate surface area is 149 Å². The molecule has 0 spiro atoms. The van der Waals surface area contributed by atoms with E-state index in [1.54, 1.807) is 4.90 Å². The minimum absolute atomic E-state index is 0.0624. The SMILES string of the molecule is CCCN1C(=O)C(C)(C)COc2ccc(NC(=O)C3CCCC3)cc21. The van der Waals surface area contributed by atoms with Gasteiger partial charge >= 0.3 is 0 Å². The molecule has 1 fully saturated rings. The predicted octanol–water partition coefficient (Wildman–Crippen LogP) is 3.98. The second kappa shape index (κ2) is 7.06. The van der Waals surface area contributed by atoms with E-state index in [0.717, 1.165) is 43.5 Å². The van der Waals surface area contributed by atoms with Crippen LogP contribution in [0.1, 0.15) is 52.9 Å². The van der Waals surface area contributed by atoms with Crippen LogP contribution in [-0.4, -0.2) is 25.0 Å². The first-order valence-electron chi connectivity index (χ1n) is 9.32. The summed E-state index contributed by atoms with van der Waals surface area (Å²) in [6, 6.07) is 5.59. The van der Waals surface area contributed by atoms with Crippen LogP contribution in [0.25, 0.3) is 0 Å². The summed E-state index contributed by atoms with van der Waals surface area (Å²) in [5.74, 6) is 0.960. The molecule has 0 radical (unpaired) electrons. The summed E-state index contributed by atoms with van der Waals surface area (Å²) >= 11 is 0. The largest absolute Gasteiger partial charge is 0.490 e. The number of anilines is 2. The number of hydrogen-bond acceptors (Lipinski definition) is 3. The molecular weight excluding hydrogens is 316 g/mol. The van der Waals surface area contributed by atoms with Gasteiger partial charge in [0.2, 0.25) is 11.8 Å². The molecule has 0 saturated heterocycles. The highest BCUT2D eigenvalue weighted by Crippen LogP contribution is 2.38. The summed E-state index contributed by atoms with van der Waals surface area (Å²) < 4.78 is 5.90. The minimum Gasteiger partial charge on any atom is -0.490 e. The smallest absolute Gasteiger partial charge is 0.236 e. The van der Waals surface area contributed by atoms with E-state index in [1.807, 2.05) is 32.0 Å². The molecule has 1 aliphatic carbocycles. The normalized spacial score (nSPS) is 20.0. The van der Waals surface area contributed by atoms with Gasteiger partial charge in [0.05, 0.1) is 11.1 Å². The molecule has 1 aliphatic heterocycles. The van der Waals surface area contributed by atoms with Crippen molar-refractivity contribution < 1.29 is 14.3 Å². The lowest BCUT2D eigenvalue weighted by Crippen LogP contribution is -2.42. The van der Waals surface area contributed by atoms with Crippen LogP contribution in [0.15, 0.2) is 18.2 Å². The average molecular weight is 344 g/mol. The van der Waals surface area contributed by atoms with Crippen molar-refractivity contribution >= 4 is 23.2 Å². The Bertz CT molecular complexity index is 663. The Hall–Kier alpha value is -2.04. The number of nitrogens with zero attached hydrogens (tertiary/aromatic N) is 1. The Morgan fingerprint density at radius 1 is 1.32 bits per heavy atom. The van der Waals surface area contributed by atoms with E-state index in [0.29, 0.717) is 18.9 Å². The highest BCUT2D eigenvalue weighted by Gasteiger charge is 2.37. The molecular formula is C20H28N2O3. The molecule has 1 saturated carbocycles. The Balaban J connectivity index is 1.87. The first-order chi connectivity index (χ1) is 11.9. The molecule has 1 aromatic carbocycles. The maximum absolute atomic E-state index is 12.9. The molecule has 0 bridgehead atoms. The van der Waals surface area contributed by atoms with Gasteiger partial charge in [-0.2, -0.15) is 0 Å². The van der Waals surface area contributed by atoms with E-state index >= 15 is 0 Å². The number of hydrogen-bond donors (Lipinski definition) is 1. The molecule has 25 heavy (non-hydrogen) atoms. The fourth-order valence-electron chi connectivity index (χ4n) is 3.60. The number of fused-ring (bicyclic) bond motifs is 1. The van der Waals surface area contributed by atoms with Gasteiger partial charge in [-0.1, -0.05) is 19.8 Å². The van der Waals surface area contributed by atoms with E-state index in [4.69, 9.17) is 4.74 Å². The molecule has 1 N–H and O–H groups in total. The zero-order valence-corrected chi connectivity index (χ0v) is 15.4. The average Bonchev–Trinajstić information content (AvgIpc) is 3.10. The number of nitrogens with one attached hydrogen (secondary N) is 1. The fourth-order valence-corrected chi connectivity index (χ4v) is 3.60. The third-order valence-corrected chi connectivity index (χ3v) is 5.10. The first kappa shape index (κ1) is 17.8. The first-order valence-corrected chi connectivity index (χ1v) is 9.32. The van der Waals surface area contributed by atoms with Gasteiger partial charge in [0.25, 0.3) is 0 Å². The van der Waals surface area contributed by atoms with E-state index in [9.17, 15) is 9.59 Å². The molecule has 5 heteroatoms.